The number of nitrogens with one attached hydrogen (secondary N) is 1. The van der Waals surface area contributed by atoms with E-state index in [1.165, 1.54) is 15.4 Å². The van der Waals surface area contributed by atoms with Crippen LogP contribution in [0, 0.1) is 0 Å². The van der Waals surface area contributed by atoms with E-state index in [2.05, 4.69) is 57.6 Å². The molecule has 0 atom stereocenters. The fraction of sp³-hybridized carbons (Fsp3) is 0.412. The lowest BCUT2D eigenvalue weighted by molar-refractivity contribution is 0.252. The minimum Gasteiger partial charge on any atom is -0.369 e. The molecule has 1 saturated heterocycles. The van der Waals surface area contributed by atoms with Crippen molar-refractivity contribution in [1.29, 1.82) is 0 Å². The van der Waals surface area contributed by atoms with E-state index in [0.29, 0.717) is 0 Å². The summed E-state index contributed by atoms with van der Waals surface area (Å²) in [5.41, 5.74) is 1.35. The Bertz CT molecular complexity index is 544. The molecular formula is C17H23N3S. The number of hydrogen-bond donors (Lipinski definition) is 1. The van der Waals surface area contributed by atoms with Crippen LogP contribution in [0.2, 0.25) is 0 Å². The lowest BCUT2D eigenvalue weighted by Gasteiger charge is -2.35. The molecule has 21 heavy (non-hydrogen) atoms. The third-order valence-corrected chi connectivity index (χ3v) is 5.01. The van der Waals surface area contributed by atoms with Crippen LogP contribution >= 0.6 is 11.3 Å². The third kappa shape index (κ3) is 3.84. The first-order valence-corrected chi connectivity index (χ1v) is 8.41. The average molecular weight is 301 g/mol. The van der Waals surface area contributed by atoms with Crippen molar-refractivity contribution in [3.05, 3.63) is 52.2 Å². The van der Waals surface area contributed by atoms with Gasteiger partial charge in [0, 0.05) is 54.7 Å². The Kier molecular flexibility index (Phi) is 4.91. The summed E-state index contributed by atoms with van der Waals surface area (Å²) in [7, 11) is 2.00. The summed E-state index contributed by atoms with van der Waals surface area (Å²) in [5, 5.41) is 3.22. The van der Waals surface area contributed by atoms with E-state index < -0.39 is 0 Å². The maximum atomic E-state index is 3.22. The Labute approximate surface area is 131 Å². The van der Waals surface area contributed by atoms with Crippen molar-refractivity contribution in [2.45, 2.75) is 13.1 Å². The largest absolute Gasteiger partial charge is 0.369 e. The van der Waals surface area contributed by atoms with Gasteiger partial charge in [0.05, 0.1) is 0 Å². The van der Waals surface area contributed by atoms with Crippen LogP contribution in [0.1, 0.15) is 9.75 Å². The molecule has 1 aromatic heterocycles. The molecule has 0 saturated carbocycles. The molecule has 1 aliphatic rings. The highest BCUT2D eigenvalue weighted by Crippen LogP contribution is 2.20. The summed E-state index contributed by atoms with van der Waals surface area (Å²) in [4.78, 5) is 7.95. The van der Waals surface area contributed by atoms with E-state index in [1.54, 1.807) is 0 Å². The van der Waals surface area contributed by atoms with Gasteiger partial charge in [-0.15, -0.1) is 11.3 Å². The van der Waals surface area contributed by atoms with Crippen molar-refractivity contribution in [2.75, 3.05) is 38.1 Å². The second-order valence-electron chi connectivity index (χ2n) is 5.50. The zero-order valence-electron chi connectivity index (χ0n) is 12.6. The van der Waals surface area contributed by atoms with Gasteiger partial charge in [-0.3, -0.25) is 4.90 Å². The molecule has 0 bridgehead atoms. The molecular weight excluding hydrogens is 278 g/mol. The Hall–Kier alpha value is -1.36. The average Bonchev–Trinajstić information content (AvgIpc) is 2.97. The van der Waals surface area contributed by atoms with Gasteiger partial charge in [0.15, 0.2) is 0 Å². The SMILES string of the molecule is CNCc1ccc(CN2CCN(c3ccccc3)CC2)s1. The molecule has 3 rings (SSSR count). The molecule has 112 valence electrons. The monoisotopic (exact) mass is 301 g/mol. The third-order valence-electron chi connectivity index (χ3n) is 3.94. The lowest BCUT2D eigenvalue weighted by atomic mass is 10.2. The van der Waals surface area contributed by atoms with Crippen LogP contribution in [0.15, 0.2) is 42.5 Å². The van der Waals surface area contributed by atoms with Crippen LogP contribution in [-0.2, 0) is 13.1 Å². The normalized spacial score (nSPS) is 16.3. The van der Waals surface area contributed by atoms with E-state index >= 15 is 0 Å². The molecule has 1 aliphatic heterocycles. The first-order valence-electron chi connectivity index (χ1n) is 7.60. The quantitative estimate of drug-likeness (QED) is 0.916. The van der Waals surface area contributed by atoms with Gasteiger partial charge < -0.3 is 10.2 Å². The Morgan fingerprint density at radius 3 is 2.38 bits per heavy atom. The molecule has 0 spiro atoms. The van der Waals surface area contributed by atoms with E-state index in [4.69, 9.17) is 0 Å². The van der Waals surface area contributed by atoms with Crippen molar-refractivity contribution < 1.29 is 0 Å². The molecule has 0 unspecified atom stereocenters. The number of anilines is 1. The van der Waals surface area contributed by atoms with Crippen molar-refractivity contribution in [3.8, 4) is 0 Å². The van der Waals surface area contributed by atoms with Crippen molar-refractivity contribution in [3.63, 3.8) is 0 Å². The maximum Gasteiger partial charge on any atom is 0.0367 e. The second kappa shape index (κ2) is 7.07. The number of nitrogens with zero attached hydrogens (tertiary/aromatic N) is 2. The van der Waals surface area contributed by atoms with Crippen LogP contribution in [0.3, 0.4) is 0 Å². The molecule has 0 radical (unpaired) electrons. The molecule has 1 fully saturated rings. The highest BCUT2D eigenvalue weighted by atomic mass is 32.1. The molecule has 1 N–H and O–H groups in total. The number of para-hydroxylation sites is 1. The van der Waals surface area contributed by atoms with Crippen LogP contribution in [0.25, 0.3) is 0 Å². The number of rotatable bonds is 5. The van der Waals surface area contributed by atoms with Gasteiger partial charge in [-0.05, 0) is 31.3 Å². The van der Waals surface area contributed by atoms with Crippen LogP contribution < -0.4 is 10.2 Å². The molecule has 4 heteroatoms. The van der Waals surface area contributed by atoms with Crippen molar-refractivity contribution in [1.82, 2.24) is 10.2 Å². The fourth-order valence-corrected chi connectivity index (χ4v) is 3.87. The van der Waals surface area contributed by atoms with Crippen LogP contribution in [0.5, 0.6) is 0 Å². The zero-order valence-corrected chi connectivity index (χ0v) is 13.4. The molecule has 0 amide bonds. The van der Waals surface area contributed by atoms with E-state index in [9.17, 15) is 0 Å². The summed E-state index contributed by atoms with van der Waals surface area (Å²) < 4.78 is 0. The van der Waals surface area contributed by atoms with Gasteiger partial charge in [0.1, 0.15) is 0 Å². The standard InChI is InChI=1S/C17H23N3S/c1-18-13-16-7-8-17(21-16)14-19-9-11-20(12-10-19)15-5-3-2-4-6-15/h2-8,18H,9-14H2,1H3. The summed E-state index contributed by atoms with van der Waals surface area (Å²) in [5.74, 6) is 0. The van der Waals surface area contributed by atoms with Crippen LogP contribution in [-0.4, -0.2) is 38.1 Å². The van der Waals surface area contributed by atoms with Gasteiger partial charge in [-0.2, -0.15) is 0 Å². The number of hydrogen-bond acceptors (Lipinski definition) is 4. The molecule has 2 aromatic rings. The van der Waals surface area contributed by atoms with E-state index in [0.717, 1.165) is 39.3 Å². The Morgan fingerprint density at radius 1 is 0.952 bits per heavy atom. The number of benzene rings is 1. The highest BCUT2D eigenvalue weighted by molar-refractivity contribution is 7.11. The molecule has 0 aliphatic carbocycles. The number of thiophene rings is 1. The minimum absolute atomic E-state index is 0.979. The fourth-order valence-electron chi connectivity index (χ4n) is 2.80. The first kappa shape index (κ1) is 14.6. The summed E-state index contributed by atoms with van der Waals surface area (Å²) >= 11 is 1.93. The molecule has 2 heterocycles. The Morgan fingerprint density at radius 2 is 1.67 bits per heavy atom. The van der Waals surface area contributed by atoms with Gasteiger partial charge in [0.2, 0.25) is 0 Å². The zero-order chi connectivity index (χ0) is 14.5. The lowest BCUT2D eigenvalue weighted by Crippen LogP contribution is -2.45. The van der Waals surface area contributed by atoms with Gasteiger partial charge in [-0.25, -0.2) is 0 Å². The highest BCUT2D eigenvalue weighted by Gasteiger charge is 2.17. The number of piperazine rings is 1. The maximum absolute atomic E-state index is 3.22. The predicted molar refractivity (Wildman–Crippen MR) is 91.0 cm³/mol. The van der Waals surface area contributed by atoms with Gasteiger partial charge >= 0.3 is 0 Å². The summed E-state index contributed by atoms with van der Waals surface area (Å²) in [6, 6.07) is 15.3. The smallest absolute Gasteiger partial charge is 0.0367 e. The molecule has 1 aromatic carbocycles. The second-order valence-corrected chi connectivity index (χ2v) is 6.75. The topological polar surface area (TPSA) is 18.5 Å². The Balaban J connectivity index is 1.51. The van der Waals surface area contributed by atoms with Crippen molar-refractivity contribution >= 4 is 17.0 Å². The predicted octanol–water partition coefficient (Wildman–Crippen LogP) is 2.79. The van der Waals surface area contributed by atoms with E-state index in [1.807, 2.05) is 18.4 Å². The molecule has 3 nitrogen and oxygen atoms in total. The first-order chi connectivity index (χ1) is 10.3. The summed E-state index contributed by atoms with van der Waals surface area (Å²) in [6.45, 7) is 6.61. The van der Waals surface area contributed by atoms with Crippen molar-refractivity contribution in [2.24, 2.45) is 0 Å². The van der Waals surface area contributed by atoms with Gasteiger partial charge in [0.25, 0.3) is 0 Å². The van der Waals surface area contributed by atoms with Crippen LogP contribution in [0.4, 0.5) is 5.69 Å². The van der Waals surface area contributed by atoms with Gasteiger partial charge in [-0.1, -0.05) is 18.2 Å². The minimum atomic E-state index is 0.979. The van der Waals surface area contributed by atoms with E-state index in [-0.39, 0.29) is 0 Å². The summed E-state index contributed by atoms with van der Waals surface area (Å²) in [6.07, 6.45) is 0.